The molecule has 0 aliphatic carbocycles. The second-order valence-electron chi connectivity index (χ2n) is 7.39. The van der Waals surface area contributed by atoms with Crippen molar-refractivity contribution in [2.75, 3.05) is 25.5 Å². The third-order valence-corrected chi connectivity index (χ3v) is 6.67. The number of ether oxygens (including phenoxy) is 1. The van der Waals surface area contributed by atoms with E-state index in [1.807, 2.05) is 12.1 Å². The van der Waals surface area contributed by atoms with Crippen LogP contribution in [0, 0.1) is 13.8 Å². The minimum atomic E-state index is -4.11. The maximum absolute atomic E-state index is 13.1. The zero-order valence-electron chi connectivity index (χ0n) is 18.2. The van der Waals surface area contributed by atoms with Gasteiger partial charge in [0, 0.05) is 24.1 Å². The highest BCUT2D eigenvalue weighted by atomic mass is 32.2. The van der Waals surface area contributed by atoms with E-state index < -0.39 is 28.4 Å². The number of rotatable bonds is 8. The van der Waals surface area contributed by atoms with Gasteiger partial charge in [0.15, 0.2) is 0 Å². The molecule has 2 aromatic rings. The summed E-state index contributed by atoms with van der Waals surface area (Å²) < 4.78 is 32.2. The number of carbonyl (C=O) groups is 2. The molecule has 0 fully saturated rings. The first-order chi connectivity index (χ1) is 14.0. The average molecular weight is 436 g/mol. The van der Waals surface area contributed by atoms with Crippen LogP contribution < -0.4 is 5.32 Å². The molecule has 2 rings (SSSR count). The van der Waals surface area contributed by atoms with Crippen LogP contribution in [0.3, 0.4) is 0 Å². The van der Waals surface area contributed by atoms with Gasteiger partial charge < -0.3 is 15.0 Å². The van der Waals surface area contributed by atoms with E-state index in [0.29, 0.717) is 23.0 Å². The molecule has 0 saturated carbocycles. The van der Waals surface area contributed by atoms with Gasteiger partial charge in [-0.05, 0) is 44.4 Å². The summed E-state index contributed by atoms with van der Waals surface area (Å²) in [6.45, 7) is 8.67. The van der Waals surface area contributed by atoms with Gasteiger partial charge >= 0.3 is 5.97 Å². The first kappa shape index (κ1) is 23.6. The van der Waals surface area contributed by atoms with Gasteiger partial charge in [-0.1, -0.05) is 26.0 Å². The molecule has 0 aliphatic heterocycles. The lowest BCUT2D eigenvalue weighted by Gasteiger charge is -2.18. The van der Waals surface area contributed by atoms with Gasteiger partial charge in [-0.2, -0.15) is 4.31 Å². The number of nitrogens with zero attached hydrogens (tertiary/aromatic N) is 1. The second-order valence-corrected chi connectivity index (χ2v) is 9.37. The van der Waals surface area contributed by atoms with E-state index in [9.17, 15) is 18.0 Å². The molecule has 0 saturated heterocycles. The molecule has 30 heavy (non-hydrogen) atoms. The quantitative estimate of drug-likeness (QED) is 0.619. The van der Waals surface area contributed by atoms with E-state index >= 15 is 0 Å². The van der Waals surface area contributed by atoms with Crippen molar-refractivity contribution >= 4 is 27.6 Å². The number of benzene rings is 1. The number of nitrogens with one attached hydrogen (secondary N) is 2. The fraction of sp³-hybridized carbons (Fsp3) is 0.429. The predicted octanol–water partition coefficient (Wildman–Crippen LogP) is 3.19. The van der Waals surface area contributed by atoms with Gasteiger partial charge in [0.25, 0.3) is 0 Å². The van der Waals surface area contributed by atoms with E-state index in [-0.39, 0.29) is 17.1 Å². The number of carbonyl (C=O) groups excluding carboxylic acids is 2. The summed E-state index contributed by atoms with van der Waals surface area (Å²) in [6, 6.07) is 7.39. The lowest BCUT2D eigenvalue weighted by Crippen LogP contribution is -2.35. The highest BCUT2D eigenvalue weighted by molar-refractivity contribution is 7.89. The Labute approximate surface area is 177 Å². The van der Waals surface area contributed by atoms with Crippen molar-refractivity contribution in [3.8, 4) is 0 Å². The topological polar surface area (TPSA) is 109 Å². The normalized spacial score (nSPS) is 11.7. The summed E-state index contributed by atoms with van der Waals surface area (Å²) in [7, 11) is -2.81. The standard InChI is InChI=1S/C21H29N3O5S/c1-7-29-21(26)19-14(4)22-15(5)20(19)30(27,28)24(6)12-18(25)23-17-10-8-16(9-11-17)13(2)3/h8-11,13,22H,7,12H2,1-6H3,(H,23,25). The number of esters is 1. The Hall–Kier alpha value is -2.65. The van der Waals surface area contributed by atoms with Crippen LogP contribution in [0.15, 0.2) is 29.2 Å². The molecule has 0 aliphatic rings. The number of sulfonamides is 1. The molecule has 9 heteroatoms. The average Bonchev–Trinajstić information content (AvgIpc) is 2.96. The number of H-pyrrole nitrogens is 1. The van der Waals surface area contributed by atoms with Crippen molar-refractivity contribution < 1.29 is 22.7 Å². The monoisotopic (exact) mass is 435 g/mol. The lowest BCUT2D eigenvalue weighted by atomic mass is 10.0. The molecule has 1 heterocycles. The van der Waals surface area contributed by atoms with Crippen LogP contribution in [0.25, 0.3) is 0 Å². The molecule has 1 aromatic heterocycles. The third kappa shape index (κ3) is 5.09. The number of amides is 1. The molecule has 1 amide bonds. The maximum atomic E-state index is 13.1. The van der Waals surface area contributed by atoms with E-state index in [4.69, 9.17) is 4.74 Å². The van der Waals surface area contributed by atoms with Gasteiger partial charge in [0.2, 0.25) is 15.9 Å². The van der Waals surface area contributed by atoms with Gasteiger partial charge in [-0.25, -0.2) is 13.2 Å². The molecular formula is C21H29N3O5S. The number of anilines is 1. The molecule has 2 N–H and O–H groups in total. The van der Waals surface area contributed by atoms with E-state index in [2.05, 4.69) is 24.1 Å². The molecule has 8 nitrogen and oxygen atoms in total. The van der Waals surface area contributed by atoms with E-state index in [0.717, 1.165) is 9.87 Å². The molecule has 0 unspecified atom stereocenters. The van der Waals surface area contributed by atoms with Crippen LogP contribution in [0.5, 0.6) is 0 Å². The Morgan fingerprint density at radius 2 is 1.73 bits per heavy atom. The fourth-order valence-corrected chi connectivity index (χ4v) is 4.66. The molecule has 164 valence electrons. The van der Waals surface area contributed by atoms with Gasteiger partial charge in [-0.15, -0.1) is 0 Å². The van der Waals surface area contributed by atoms with Crippen molar-refractivity contribution in [1.29, 1.82) is 0 Å². The molecule has 0 bridgehead atoms. The second kappa shape index (κ2) is 9.44. The number of hydrogen-bond donors (Lipinski definition) is 2. The Balaban J connectivity index is 2.21. The predicted molar refractivity (Wildman–Crippen MR) is 115 cm³/mol. The number of hydrogen-bond acceptors (Lipinski definition) is 5. The Kier molecular flexibility index (Phi) is 7.44. The largest absolute Gasteiger partial charge is 0.462 e. The summed E-state index contributed by atoms with van der Waals surface area (Å²) in [5.74, 6) is -0.838. The number of aromatic nitrogens is 1. The summed E-state index contributed by atoms with van der Waals surface area (Å²) in [5.41, 5.74) is 2.39. The third-order valence-electron chi connectivity index (χ3n) is 4.69. The van der Waals surface area contributed by atoms with Crippen LogP contribution in [0.2, 0.25) is 0 Å². The van der Waals surface area contributed by atoms with Crippen molar-refractivity contribution in [2.24, 2.45) is 0 Å². The number of aryl methyl sites for hydroxylation is 2. The molecule has 0 atom stereocenters. The molecule has 1 aromatic carbocycles. The highest BCUT2D eigenvalue weighted by Gasteiger charge is 2.33. The van der Waals surface area contributed by atoms with Crippen LogP contribution in [-0.2, 0) is 19.6 Å². The first-order valence-corrected chi connectivity index (χ1v) is 11.1. The molecular weight excluding hydrogens is 406 g/mol. The van der Waals surface area contributed by atoms with Crippen molar-refractivity contribution in [2.45, 2.75) is 45.4 Å². The SMILES string of the molecule is CCOC(=O)c1c(C)[nH]c(C)c1S(=O)(=O)N(C)CC(=O)Nc1ccc(C(C)C)cc1. The smallest absolute Gasteiger partial charge is 0.341 e. The van der Waals surface area contributed by atoms with Crippen molar-refractivity contribution in [3.63, 3.8) is 0 Å². The molecule has 0 radical (unpaired) electrons. The van der Waals surface area contributed by atoms with Crippen LogP contribution in [0.1, 0.15) is 54.0 Å². The molecule has 0 spiro atoms. The summed E-state index contributed by atoms with van der Waals surface area (Å²) in [4.78, 5) is 27.4. The van der Waals surface area contributed by atoms with Crippen LogP contribution >= 0.6 is 0 Å². The van der Waals surface area contributed by atoms with E-state index in [1.165, 1.54) is 7.05 Å². The first-order valence-electron chi connectivity index (χ1n) is 9.71. The van der Waals surface area contributed by atoms with Gasteiger partial charge in [-0.3, -0.25) is 4.79 Å². The minimum absolute atomic E-state index is 0.0362. The summed E-state index contributed by atoms with van der Waals surface area (Å²) >= 11 is 0. The number of aromatic amines is 1. The van der Waals surface area contributed by atoms with Crippen LogP contribution in [0.4, 0.5) is 5.69 Å². The summed E-state index contributed by atoms with van der Waals surface area (Å²) in [6.07, 6.45) is 0. The Morgan fingerprint density at radius 3 is 2.27 bits per heavy atom. The van der Waals surface area contributed by atoms with Crippen molar-refractivity contribution in [1.82, 2.24) is 9.29 Å². The van der Waals surface area contributed by atoms with E-state index in [1.54, 1.807) is 32.9 Å². The maximum Gasteiger partial charge on any atom is 0.341 e. The van der Waals surface area contributed by atoms with Gasteiger partial charge in [0.1, 0.15) is 10.5 Å². The number of likely N-dealkylation sites (N-methyl/N-ethyl adjacent to an activating group) is 1. The highest BCUT2D eigenvalue weighted by Crippen LogP contribution is 2.27. The zero-order valence-corrected chi connectivity index (χ0v) is 19.0. The Morgan fingerprint density at radius 1 is 1.13 bits per heavy atom. The minimum Gasteiger partial charge on any atom is -0.462 e. The summed E-state index contributed by atoms with van der Waals surface area (Å²) in [5, 5.41) is 2.70. The zero-order chi connectivity index (χ0) is 22.6. The van der Waals surface area contributed by atoms with Crippen molar-refractivity contribution in [3.05, 3.63) is 46.8 Å². The fourth-order valence-electron chi connectivity index (χ4n) is 3.12. The van der Waals surface area contributed by atoms with Crippen LogP contribution in [-0.4, -0.2) is 49.8 Å². The van der Waals surface area contributed by atoms with Gasteiger partial charge in [0.05, 0.1) is 13.2 Å². The lowest BCUT2D eigenvalue weighted by molar-refractivity contribution is -0.116. The Bertz CT molecular complexity index is 1020.